The van der Waals surface area contributed by atoms with E-state index < -0.39 is 0 Å². The summed E-state index contributed by atoms with van der Waals surface area (Å²) in [5.74, 6) is 1.15. The van der Waals surface area contributed by atoms with Crippen LogP contribution in [0.5, 0.6) is 11.5 Å². The highest BCUT2D eigenvalue weighted by atomic mass is 16.5. The molecule has 0 unspecified atom stereocenters. The molecule has 7 nitrogen and oxygen atoms in total. The molecule has 0 aliphatic carbocycles. The summed E-state index contributed by atoms with van der Waals surface area (Å²) in [6.45, 7) is 4.84. The van der Waals surface area contributed by atoms with Crippen LogP contribution in [0.1, 0.15) is 19.4 Å². The van der Waals surface area contributed by atoms with Gasteiger partial charge in [0.2, 0.25) is 5.89 Å². The van der Waals surface area contributed by atoms with Crippen LogP contribution in [0.3, 0.4) is 0 Å². The lowest BCUT2D eigenvalue weighted by Crippen LogP contribution is -2.07. The third-order valence-corrected chi connectivity index (χ3v) is 3.67. The van der Waals surface area contributed by atoms with Crippen LogP contribution >= 0.6 is 0 Å². The van der Waals surface area contributed by atoms with Crippen molar-refractivity contribution >= 4 is 18.0 Å². The van der Waals surface area contributed by atoms with Crippen molar-refractivity contribution in [3.8, 4) is 23.0 Å². The Hall–Kier alpha value is -3.61. The van der Waals surface area contributed by atoms with Crippen molar-refractivity contribution in [2.75, 3.05) is 18.5 Å². The largest absolute Gasteiger partial charge is 0.490 e. The molecule has 0 bridgehead atoms. The quantitative estimate of drug-likeness (QED) is 0.591. The normalized spacial score (nSPS) is 10.8. The van der Waals surface area contributed by atoms with Gasteiger partial charge in [0, 0.05) is 11.6 Å². The zero-order chi connectivity index (χ0) is 19.8. The van der Waals surface area contributed by atoms with E-state index in [0.29, 0.717) is 30.3 Å². The van der Waals surface area contributed by atoms with Gasteiger partial charge in [-0.05, 0) is 43.7 Å². The van der Waals surface area contributed by atoms with E-state index in [4.69, 9.17) is 13.9 Å². The van der Waals surface area contributed by atoms with Crippen molar-refractivity contribution in [2.45, 2.75) is 13.8 Å². The number of hydrogen-bond acceptors (Lipinski definition) is 6. The highest BCUT2D eigenvalue weighted by Crippen LogP contribution is 2.32. The number of benzene rings is 2. The van der Waals surface area contributed by atoms with E-state index in [1.807, 2.05) is 44.2 Å². The minimum atomic E-state index is -0.360. The van der Waals surface area contributed by atoms with Crippen molar-refractivity contribution in [2.24, 2.45) is 0 Å². The number of nitrogens with one attached hydrogen (secondary N) is 1. The van der Waals surface area contributed by atoms with Crippen molar-refractivity contribution in [3.05, 3.63) is 60.2 Å². The lowest BCUT2D eigenvalue weighted by molar-refractivity contribution is -0.112. The second-order valence-corrected chi connectivity index (χ2v) is 5.67. The number of amides is 1. The minimum absolute atomic E-state index is 0.0181. The van der Waals surface area contributed by atoms with Crippen LogP contribution in [0.4, 0.5) is 6.01 Å². The lowest BCUT2D eigenvalue weighted by atomic mass is 10.2. The first-order chi connectivity index (χ1) is 13.7. The van der Waals surface area contributed by atoms with E-state index in [2.05, 4.69) is 15.5 Å². The van der Waals surface area contributed by atoms with Gasteiger partial charge in [-0.15, -0.1) is 5.10 Å². The van der Waals surface area contributed by atoms with Crippen LogP contribution in [0.25, 0.3) is 17.5 Å². The predicted molar refractivity (Wildman–Crippen MR) is 106 cm³/mol. The zero-order valence-corrected chi connectivity index (χ0v) is 15.7. The summed E-state index contributed by atoms with van der Waals surface area (Å²) in [6, 6.07) is 14.9. The van der Waals surface area contributed by atoms with Gasteiger partial charge in [-0.3, -0.25) is 10.1 Å². The van der Waals surface area contributed by atoms with Crippen LogP contribution in [0.2, 0.25) is 0 Å². The molecule has 0 saturated carbocycles. The molecule has 0 atom stereocenters. The molecule has 0 fully saturated rings. The van der Waals surface area contributed by atoms with E-state index >= 15 is 0 Å². The van der Waals surface area contributed by atoms with Gasteiger partial charge in [0.05, 0.1) is 13.2 Å². The van der Waals surface area contributed by atoms with Crippen LogP contribution in [-0.2, 0) is 4.79 Å². The Kier molecular flexibility index (Phi) is 6.41. The van der Waals surface area contributed by atoms with Gasteiger partial charge in [0.25, 0.3) is 5.91 Å². The summed E-state index contributed by atoms with van der Waals surface area (Å²) >= 11 is 0. The molecule has 3 rings (SSSR count). The summed E-state index contributed by atoms with van der Waals surface area (Å²) in [7, 11) is 0. The molecule has 0 saturated heterocycles. The minimum Gasteiger partial charge on any atom is -0.490 e. The van der Waals surface area contributed by atoms with Crippen molar-refractivity contribution in [1.82, 2.24) is 10.2 Å². The predicted octanol–water partition coefficient (Wildman–Crippen LogP) is 4.19. The number of rotatable bonds is 8. The fourth-order valence-corrected chi connectivity index (χ4v) is 2.46. The summed E-state index contributed by atoms with van der Waals surface area (Å²) in [5.41, 5.74) is 1.58. The van der Waals surface area contributed by atoms with Gasteiger partial charge < -0.3 is 13.9 Å². The van der Waals surface area contributed by atoms with E-state index in [1.165, 1.54) is 6.08 Å². The summed E-state index contributed by atoms with van der Waals surface area (Å²) in [6.07, 6.45) is 3.11. The molecule has 7 heteroatoms. The number of nitrogens with zero attached hydrogens (tertiary/aromatic N) is 2. The number of carbonyl (C=O) groups is 1. The molecule has 0 spiro atoms. The van der Waals surface area contributed by atoms with Crippen molar-refractivity contribution in [1.29, 1.82) is 0 Å². The number of aromatic nitrogens is 2. The maximum absolute atomic E-state index is 12.0. The topological polar surface area (TPSA) is 86.5 Å². The molecule has 3 aromatic rings. The molecule has 1 N–H and O–H groups in total. The van der Waals surface area contributed by atoms with Crippen LogP contribution in [-0.4, -0.2) is 29.3 Å². The van der Waals surface area contributed by atoms with Crippen molar-refractivity contribution < 1.29 is 18.7 Å². The second kappa shape index (κ2) is 9.36. The fourth-order valence-electron chi connectivity index (χ4n) is 2.46. The van der Waals surface area contributed by atoms with Gasteiger partial charge in [0.15, 0.2) is 11.5 Å². The van der Waals surface area contributed by atoms with Gasteiger partial charge >= 0.3 is 6.01 Å². The standard InChI is InChI=1S/C21H21N3O4/c1-3-26-17-12-11-16(14-18(17)27-4-2)20-23-24-21(28-20)22-19(25)13-10-15-8-6-5-7-9-15/h5-14H,3-4H2,1-2H3,(H,22,24,25). The first-order valence-corrected chi connectivity index (χ1v) is 8.97. The average molecular weight is 379 g/mol. The van der Waals surface area contributed by atoms with E-state index in [1.54, 1.807) is 24.3 Å². The van der Waals surface area contributed by atoms with Crippen LogP contribution in [0.15, 0.2) is 59.0 Å². The summed E-state index contributed by atoms with van der Waals surface area (Å²) in [5, 5.41) is 10.4. The molecule has 0 aliphatic rings. The number of ether oxygens (including phenoxy) is 2. The average Bonchev–Trinajstić information content (AvgIpc) is 3.17. The Balaban J connectivity index is 1.70. The SMILES string of the molecule is CCOc1ccc(-c2nnc(NC(=O)C=Cc3ccccc3)o2)cc1OCC. The fraction of sp³-hybridized carbons (Fsp3) is 0.190. The monoisotopic (exact) mass is 379 g/mol. The van der Waals surface area contributed by atoms with Crippen molar-refractivity contribution in [3.63, 3.8) is 0 Å². The molecule has 2 aromatic carbocycles. The van der Waals surface area contributed by atoms with E-state index in [0.717, 1.165) is 5.56 Å². The molecule has 1 heterocycles. The van der Waals surface area contributed by atoms with E-state index in [-0.39, 0.29) is 17.8 Å². The molecular formula is C21H21N3O4. The molecule has 144 valence electrons. The van der Waals surface area contributed by atoms with Gasteiger partial charge in [0.1, 0.15) is 0 Å². The molecule has 1 aromatic heterocycles. The Bertz CT molecular complexity index is 951. The molecular weight excluding hydrogens is 358 g/mol. The number of anilines is 1. The third-order valence-electron chi connectivity index (χ3n) is 3.67. The zero-order valence-electron chi connectivity index (χ0n) is 15.7. The van der Waals surface area contributed by atoms with E-state index in [9.17, 15) is 4.79 Å². The second-order valence-electron chi connectivity index (χ2n) is 5.67. The number of hydrogen-bond donors (Lipinski definition) is 1. The maximum Gasteiger partial charge on any atom is 0.322 e. The highest BCUT2D eigenvalue weighted by molar-refractivity contribution is 6.00. The van der Waals surface area contributed by atoms with Gasteiger partial charge in [-0.25, -0.2) is 0 Å². The molecule has 28 heavy (non-hydrogen) atoms. The molecule has 0 aliphatic heterocycles. The Labute approximate surface area is 163 Å². The Morgan fingerprint density at radius 1 is 1.04 bits per heavy atom. The first kappa shape index (κ1) is 19.2. The highest BCUT2D eigenvalue weighted by Gasteiger charge is 2.13. The first-order valence-electron chi connectivity index (χ1n) is 8.97. The molecule has 1 amide bonds. The van der Waals surface area contributed by atoms with Crippen LogP contribution in [0, 0.1) is 0 Å². The number of carbonyl (C=O) groups excluding carboxylic acids is 1. The maximum atomic E-state index is 12.0. The summed E-state index contributed by atoms with van der Waals surface area (Å²) < 4.78 is 16.7. The van der Waals surface area contributed by atoms with Gasteiger partial charge in [-0.2, -0.15) is 0 Å². The Morgan fingerprint density at radius 2 is 1.79 bits per heavy atom. The van der Waals surface area contributed by atoms with Gasteiger partial charge in [-0.1, -0.05) is 35.4 Å². The summed E-state index contributed by atoms with van der Waals surface area (Å²) in [4.78, 5) is 12.0. The van der Waals surface area contributed by atoms with Crippen LogP contribution < -0.4 is 14.8 Å². The third kappa shape index (κ3) is 4.97. The Morgan fingerprint density at radius 3 is 2.54 bits per heavy atom. The molecule has 0 radical (unpaired) electrons. The lowest BCUT2D eigenvalue weighted by Gasteiger charge is -2.11. The smallest absolute Gasteiger partial charge is 0.322 e.